The molecular formula is C9H9FO3. The van der Waals surface area contributed by atoms with Gasteiger partial charge in [-0.15, -0.1) is 0 Å². The van der Waals surface area contributed by atoms with Crippen molar-refractivity contribution in [3.63, 3.8) is 0 Å². The van der Waals surface area contributed by atoms with Gasteiger partial charge >= 0.3 is 5.97 Å². The Bertz CT molecular complexity index is 324. The first-order chi connectivity index (χ1) is 6.06. The normalized spacial score (nSPS) is 10.0. The van der Waals surface area contributed by atoms with Crippen LogP contribution in [0.4, 0.5) is 4.39 Å². The van der Waals surface area contributed by atoms with Crippen LogP contribution in [0.3, 0.4) is 0 Å². The SMILES string of the molecule is CCc1c(O)cc(C(=O)O)cc1F. The molecule has 0 saturated carbocycles. The van der Waals surface area contributed by atoms with Crippen molar-refractivity contribution >= 4 is 5.97 Å². The van der Waals surface area contributed by atoms with Crippen LogP contribution in [0.1, 0.15) is 22.8 Å². The second-order valence-corrected chi connectivity index (χ2v) is 2.61. The number of phenolic OH excluding ortho intramolecular Hbond substituents is 1. The predicted octanol–water partition coefficient (Wildman–Crippen LogP) is 1.79. The summed E-state index contributed by atoms with van der Waals surface area (Å²) < 4.78 is 13.0. The highest BCUT2D eigenvalue weighted by molar-refractivity contribution is 5.88. The fraction of sp³-hybridized carbons (Fsp3) is 0.222. The molecule has 0 radical (unpaired) electrons. The van der Waals surface area contributed by atoms with Crippen molar-refractivity contribution in [1.82, 2.24) is 0 Å². The molecule has 70 valence electrons. The quantitative estimate of drug-likeness (QED) is 0.736. The van der Waals surface area contributed by atoms with E-state index in [1.165, 1.54) is 0 Å². The molecular weight excluding hydrogens is 175 g/mol. The maximum Gasteiger partial charge on any atom is 0.335 e. The molecule has 1 aromatic carbocycles. The fourth-order valence-electron chi connectivity index (χ4n) is 1.10. The summed E-state index contributed by atoms with van der Waals surface area (Å²) in [4.78, 5) is 10.4. The molecule has 0 saturated heterocycles. The molecule has 0 aromatic heterocycles. The lowest BCUT2D eigenvalue weighted by Gasteiger charge is -2.04. The number of carboxylic acid groups (broad SMARTS) is 1. The molecule has 0 atom stereocenters. The number of phenols is 1. The van der Waals surface area contributed by atoms with Crippen LogP contribution in [0, 0.1) is 5.82 Å². The third-order valence-electron chi connectivity index (χ3n) is 1.77. The number of halogens is 1. The molecule has 4 heteroatoms. The molecule has 0 aliphatic carbocycles. The van der Waals surface area contributed by atoms with Crippen molar-refractivity contribution in [3.05, 3.63) is 29.1 Å². The van der Waals surface area contributed by atoms with Crippen molar-refractivity contribution in [3.8, 4) is 5.75 Å². The second-order valence-electron chi connectivity index (χ2n) is 2.61. The number of carboxylic acids is 1. The van der Waals surface area contributed by atoms with Gasteiger partial charge in [-0.05, 0) is 18.6 Å². The highest BCUT2D eigenvalue weighted by atomic mass is 19.1. The van der Waals surface area contributed by atoms with E-state index in [1.54, 1.807) is 6.92 Å². The summed E-state index contributed by atoms with van der Waals surface area (Å²) in [6, 6.07) is 1.95. The summed E-state index contributed by atoms with van der Waals surface area (Å²) in [5.74, 6) is -2.24. The van der Waals surface area contributed by atoms with Gasteiger partial charge < -0.3 is 10.2 Å². The smallest absolute Gasteiger partial charge is 0.335 e. The number of aromatic carboxylic acids is 1. The van der Waals surface area contributed by atoms with Crippen molar-refractivity contribution < 1.29 is 19.4 Å². The standard InChI is InChI=1S/C9H9FO3/c1-2-6-7(10)3-5(9(12)13)4-8(6)11/h3-4,11H,2H2,1H3,(H,12,13). The Hall–Kier alpha value is -1.58. The summed E-state index contributed by atoms with van der Waals surface area (Å²) >= 11 is 0. The van der Waals surface area contributed by atoms with E-state index in [0.29, 0.717) is 6.42 Å². The zero-order valence-corrected chi connectivity index (χ0v) is 7.04. The van der Waals surface area contributed by atoms with Gasteiger partial charge in [0.15, 0.2) is 0 Å². The first-order valence-electron chi connectivity index (χ1n) is 3.81. The van der Waals surface area contributed by atoms with Crippen molar-refractivity contribution in [2.75, 3.05) is 0 Å². The molecule has 0 unspecified atom stereocenters. The Balaban J connectivity index is 3.28. The lowest BCUT2D eigenvalue weighted by molar-refractivity contribution is 0.0696. The molecule has 0 spiro atoms. The van der Waals surface area contributed by atoms with Crippen LogP contribution < -0.4 is 0 Å². The third-order valence-corrected chi connectivity index (χ3v) is 1.77. The van der Waals surface area contributed by atoms with Crippen LogP contribution in [0.5, 0.6) is 5.75 Å². The number of carbonyl (C=O) groups is 1. The van der Waals surface area contributed by atoms with Gasteiger partial charge in [-0.3, -0.25) is 0 Å². The number of hydrogen-bond donors (Lipinski definition) is 2. The first kappa shape index (κ1) is 9.51. The molecule has 0 aliphatic rings. The van der Waals surface area contributed by atoms with Gasteiger partial charge in [0.05, 0.1) is 5.56 Å². The summed E-state index contributed by atoms with van der Waals surface area (Å²) in [7, 11) is 0. The predicted molar refractivity (Wildman–Crippen MR) is 44.4 cm³/mol. The van der Waals surface area contributed by atoms with E-state index in [0.717, 1.165) is 12.1 Å². The lowest BCUT2D eigenvalue weighted by Crippen LogP contribution is -1.99. The van der Waals surface area contributed by atoms with E-state index in [-0.39, 0.29) is 16.9 Å². The summed E-state index contributed by atoms with van der Waals surface area (Å²) in [5, 5.41) is 17.7. The number of rotatable bonds is 2. The molecule has 2 N–H and O–H groups in total. The molecule has 0 aliphatic heterocycles. The number of aromatic hydroxyl groups is 1. The van der Waals surface area contributed by atoms with Gasteiger partial charge in [0.25, 0.3) is 0 Å². The Labute approximate surface area is 74.4 Å². The molecule has 0 fully saturated rings. The largest absolute Gasteiger partial charge is 0.508 e. The maximum atomic E-state index is 13.0. The first-order valence-corrected chi connectivity index (χ1v) is 3.81. The van der Waals surface area contributed by atoms with E-state index in [4.69, 9.17) is 5.11 Å². The summed E-state index contributed by atoms with van der Waals surface area (Å²) in [5.41, 5.74) is -0.0998. The van der Waals surface area contributed by atoms with Crippen molar-refractivity contribution in [2.45, 2.75) is 13.3 Å². The average Bonchev–Trinajstić information content (AvgIpc) is 2.03. The molecule has 0 bridgehead atoms. The Morgan fingerprint density at radius 1 is 1.54 bits per heavy atom. The topological polar surface area (TPSA) is 57.5 Å². The zero-order valence-electron chi connectivity index (χ0n) is 7.04. The van der Waals surface area contributed by atoms with E-state index < -0.39 is 11.8 Å². The van der Waals surface area contributed by atoms with Gasteiger partial charge in [0.1, 0.15) is 11.6 Å². The van der Waals surface area contributed by atoms with E-state index in [1.807, 2.05) is 0 Å². The van der Waals surface area contributed by atoms with Gasteiger partial charge in [0.2, 0.25) is 0 Å². The number of hydrogen-bond acceptors (Lipinski definition) is 2. The Morgan fingerprint density at radius 3 is 2.54 bits per heavy atom. The van der Waals surface area contributed by atoms with E-state index >= 15 is 0 Å². The maximum absolute atomic E-state index is 13.0. The zero-order chi connectivity index (χ0) is 10.0. The Kier molecular flexibility index (Phi) is 2.51. The molecule has 1 aromatic rings. The highest BCUT2D eigenvalue weighted by Gasteiger charge is 2.11. The minimum Gasteiger partial charge on any atom is -0.508 e. The van der Waals surface area contributed by atoms with Gasteiger partial charge in [-0.2, -0.15) is 0 Å². The summed E-state index contributed by atoms with van der Waals surface area (Å²) in [6.07, 6.45) is 0.331. The number of benzene rings is 1. The average molecular weight is 184 g/mol. The van der Waals surface area contributed by atoms with Gasteiger partial charge in [-0.25, -0.2) is 9.18 Å². The van der Waals surface area contributed by atoms with Gasteiger partial charge in [-0.1, -0.05) is 6.92 Å². The minimum absolute atomic E-state index is 0.144. The van der Waals surface area contributed by atoms with Crippen molar-refractivity contribution in [1.29, 1.82) is 0 Å². The van der Waals surface area contributed by atoms with Crippen LogP contribution in [-0.2, 0) is 6.42 Å². The lowest BCUT2D eigenvalue weighted by atomic mass is 10.1. The molecule has 0 amide bonds. The fourth-order valence-corrected chi connectivity index (χ4v) is 1.10. The van der Waals surface area contributed by atoms with Crippen LogP contribution in [0.15, 0.2) is 12.1 Å². The van der Waals surface area contributed by atoms with Crippen LogP contribution in [-0.4, -0.2) is 16.2 Å². The van der Waals surface area contributed by atoms with Crippen LogP contribution in [0.25, 0.3) is 0 Å². The minimum atomic E-state index is -1.25. The van der Waals surface area contributed by atoms with Crippen LogP contribution in [0.2, 0.25) is 0 Å². The third kappa shape index (κ3) is 1.77. The summed E-state index contributed by atoms with van der Waals surface area (Å²) in [6.45, 7) is 1.68. The van der Waals surface area contributed by atoms with Crippen LogP contribution >= 0.6 is 0 Å². The Morgan fingerprint density at radius 2 is 2.15 bits per heavy atom. The molecule has 0 heterocycles. The second kappa shape index (κ2) is 3.43. The molecule has 1 rings (SSSR count). The monoisotopic (exact) mass is 184 g/mol. The van der Waals surface area contributed by atoms with Gasteiger partial charge in [0, 0.05) is 5.56 Å². The molecule has 13 heavy (non-hydrogen) atoms. The van der Waals surface area contributed by atoms with E-state index in [2.05, 4.69) is 0 Å². The van der Waals surface area contributed by atoms with Crippen molar-refractivity contribution in [2.24, 2.45) is 0 Å². The molecule has 3 nitrogen and oxygen atoms in total. The van der Waals surface area contributed by atoms with E-state index in [9.17, 15) is 14.3 Å². The highest BCUT2D eigenvalue weighted by Crippen LogP contribution is 2.22.